The molecule has 0 saturated heterocycles. The molecule has 0 fully saturated rings. The lowest BCUT2D eigenvalue weighted by Crippen LogP contribution is -2.01. The molecular weight excluding hydrogens is 254 g/mol. The van der Waals surface area contributed by atoms with Crippen LogP contribution >= 0.6 is 0 Å². The first-order chi connectivity index (χ1) is 9.81. The van der Waals surface area contributed by atoms with Gasteiger partial charge < -0.3 is 14.5 Å². The van der Waals surface area contributed by atoms with Crippen molar-refractivity contribution in [3.63, 3.8) is 0 Å². The monoisotopic (exact) mass is 265 g/mol. The topological polar surface area (TPSA) is 51.3 Å². The van der Waals surface area contributed by atoms with Crippen molar-refractivity contribution in [1.29, 1.82) is 0 Å². The van der Waals surface area contributed by atoms with Gasteiger partial charge in [-0.3, -0.25) is 4.79 Å². The molecule has 1 N–H and O–H groups in total. The van der Waals surface area contributed by atoms with Gasteiger partial charge in [0.1, 0.15) is 0 Å². The van der Waals surface area contributed by atoms with Crippen LogP contribution in [0.1, 0.15) is 16.1 Å². The molecule has 20 heavy (non-hydrogen) atoms. The predicted octanol–water partition coefficient (Wildman–Crippen LogP) is 3.13. The lowest BCUT2D eigenvalue weighted by atomic mass is 10.1. The second-order valence-corrected chi connectivity index (χ2v) is 4.67. The number of ketones is 1. The highest BCUT2D eigenvalue weighted by Crippen LogP contribution is 2.33. The van der Waals surface area contributed by atoms with Gasteiger partial charge in [-0.15, -0.1) is 0 Å². The minimum Gasteiger partial charge on any atom is -0.454 e. The Morgan fingerprint density at radius 1 is 1.00 bits per heavy atom. The van der Waals surface area contributed by atoms with Crippen LogP contribution in [-0.4, -0.2) is 17.6 Å². The molecule has 0 amide bonds. The largest absolute Gasteiger partial charge is 0.454 e. The van der Waals surface area contributed by atoms with Crippen molar-refractivity contribution in [3.05, 3.63) is 59.8 Å². The highest BCUT2D eigenvalue weighted by molar-refractivity contribution is 6.10. The normalized spacial score (nSPS) is 12.8. The van der Waals surface area contributed by atoms with Gasteiger partial charge in [-0.25, -0.2) is 0 Å². The molecule has 1 aliphatic heterocycles. The zero-order valence-corrected chi connectivity index (χ0v) is 10.6. The van der Waals surface area contributed by atoms with Crippen LogP contribution in [0.25, 0.3) is 10.9 Å². The van der Waals surface area contributed by atoms with E-state index in [1.807, 2.05) is 30.3 Å². The highest BCUT2D eigenvalue weighted by atomic mass is 16.7. The number of benzene rings is 2. The molecule has 0 saturated carbocycles. The SMILES string of the molecule is O=C(c1ccc2c(c1)OCO2)c1cc2ccccc2[nH]1. The summed E-state index contributed by atoms with van der Waals surface area (Å²) in [5.74, 6) is 1.24. The van der Waals surface area contributed by atoms with Crippen molar-refractivity contribution in [2.24, 2.45) is 0 Å². The van der Waals surface area contributed by atoms with Gasteiger partial charge >= 0.3 is 0 Å². The van der Waals surface area contributed by atoms with Crippen molar-refractivity contribution in [1.82, 2.24) is 4.98 Å². The van der Waals surface area contributed by atoms with Crippen LogP contribution in [0.3, 0.4) is 0 Å². The van der Waals surface area contributed by atoms with Crippen LogP contribution in [0.2, 0.25) is 0 Å². The third-order valence-corrected chi connectivity index (χ3v) is 3.41. The Labute approximate surface area is 114 Å². The van der Waals surface area contributed by atoms with Gasteiger partial charge in [0, 0.05) is 16.5 Å². The van der Waals surface area contributed by atoms with E-state index in [1.165, 1.54) is 0 Å². The molecular formula is C16H11NO3. The molecule has 0 aliphatic carbocycles. The van der Waals surface area contributed by atoms with Gasteiger partial charge in [0.15, 0.2) is 11.5 Å². The van der Waals surface area contributed by atoms with E-state index in [2.05, 4.69) is 4.98 Å². The molecule has 4 heteroatoms. The summed E-state index contributed by atoms with van der Waals surface area (Å²) in [5.41, 5.74) is 2.11. The number of para-hydroxylation sites is 1. The van der Waals surface area contributed by atoms with E-state index in [1.54, 1.807) is 18.2 Å². The molecule has 2 heterocycles. The Kier molecular flexibility index (Phi) is 2.29. The Hall–Kier alpha value is -2.75. The molecule has 0 spiro atoms. The second-order valence-electron chi connectivity index (χ2n) is 4.67. The minimum atomic E-state index is -0.0560. The Bertz CT molecular complexity index is 786. The first-order valence-electron chi connectivity index (χ1n) is 6.33. The molecule has 1 aromatic heterocycles. The first kappa shape index (κ1) is 11.1. The van der Waals surface area contributed by atoms with E-state index in [0.717, 1.165) is 10.9 Å². The maximum atomic E-state index is 12.5. The predicted molar refractivity (Wildman–Crippen MR) is 74.3 cm³/mol. The third kappa shape index (κ3) is 1.66. The molecule has 2 aromatic carbocycles. The summed E-state index contributed by atoms with van der Waals surface area (Å²) in [6, 6.07) is 14.9. The van der Waals surface area contributed by atoms with Crippen LogP contribution in [0.5, 0.6) is 11.5 Å². The number of fused-ring (bicyclic) bond motifs is 2. The van der Waals surface area contributed by atoms with Crippen LogP contribution in [-0.2, 0) is 0 Å². The van der Waals surface area contributed by atoms with E-state index >= 15 is 0 Å². The fourth-order valence-corrected chi connectivity index (χ4v) is 2.39. The van der Waals surface area contributed by atoms with Crippen LogP contribution in [0, 0.1) is 0 Å². The third-order valence-electron chi connectivity index (χ3n) is 3.41. The van der Waals surface area contributed by atoms with E-state index < -0.39 is 0 Å². The molecule has 0 unspecified atom stereocenters. The molecule has 4 rings (SSSR count). The zero-order valence-electron chi connectivity index (χ0n) is 10.6. The number of aromatic amines is 1. The van der Waals surface area contributed by atoms with E-state index in [4.69, 9.17) is 9.47 Å². The average molecular weight is 265 g/mol. The van der Waals surface area contributed by atoms with Crippen LogP contribution in [0.15, 0.2) is 48.5 Å². The molecule has 0 bridgehead atoms. The Morgan fingerprint density at radius 2 is 1.85 bits per heavy atom. The van der Waals surface area contributed by atoms with Gasteiger partial charge in [0.25, 0.3) is 0 Å². The minimum absolute atomic E-state index is 0.0560. The molecule has 0 radical (unpaired) electrons. The number of carbonyl (C=O) groups is 1. The first-order valence-corrected chi connectivity index (χ1v) is 6.33. The van der Waals surface area contributed by atoms with Gasteiger partial charge in [0.05, 0.1) is 5.69 Å². The summed E-state index contributed by atoms with van der Waals surface area (Å²) in [7, 11) is 0. The number of rotatable bonds is 2. The smallest absolute Gasteiger partial charge is 0.231 e. The number of hydrogen-bond donors (Lipinski definition) is 1. The number of carbonyl (C=O) groups excluding carboxylic acids is 1. The summed E-state index contributed by atoms with van der Waals surface area (Å²) < 4.78 is 10.5. The summed E-state index contributed by atoms with van der Waals surface area (Å²) in [4.78, 5) is 15.6. The number of H-pyrrole nitrogens is 1. The Morgan fingerprint density at radius 3 is 2.75 bits per heavy atom. The van der Waals surface area contributed by atoms with E-state index in [9.17, 15) is 4.79 Å². The summed E-state index contributed by atoms with van der Waals surface area (Å²) in [6.45, 7) is 0.208. The molecule has 1 aliphatic rings. The van der Waals surface area contributed by atoms with E-state index in [-0.39, 0.29) is 12.6 Å². The molecule has 0 atom stereocenters. The van der Waals surface area contributed by atoms with Gasteiger partial charge in [0.2, 0.25) is 12.6 Å². The number of nitrogens with one attached hydrogen (secondary N) is 1. The van der Waals surface area contributed by atoms with Crippen molar-refractivity contribution < 1.29 is 14.3 Å². The summed E-state index contributed by atoms with van der Waals surface area (Å²) in [5, 5.41) is 1.02. The van der Waals surface area contributed by atoms with Crippen molar-refractivity contribution >= 4 is 16.7 Å². The zero-order chi connectivity index (χ0) is 13.5. The number of ether oxygens (including phenoxy) is 2. The fourth-order valence-electron chi connectivity index (χ4n) is 2.39. The van der Waals surface area contributed by atoms with E-state index in [0.29, 0.717) is 22.8 Å². The number of aromatic nitrogens is 1. The van der Waals surface area contributed by atoms with Crippen molar-refractivity contribution in [3.8, 4) is 11.5 Å². The Balaban J connectivity index is 1.76. The van der Waals surface area contributed by atoms with Crippen LogP contribution in [0.4, 0.5) is 0 Å². The number of hydrogen-bond acceptors (Lipinski definition) is 3. The lowest BCUT2D eigenvalue weighted by molar-refractivity contribution is 0.103. The van der Waals surface area contributed by atoms with Gasteiger partial charge in [-0.1, -0.05) is 18.2 Å². The maximum Gasteiger partial charge on any atom is 0.231 e. The summed E-state index contributed by atoms with van der Waals surface area (Å²) >= 11 is 0. The fraction of sp³-hybridized carbons (Fsp3) is 0.0625. The van der Waals surface area contributed by atoms with Crippen LogP contribution < -0.4 is 9.47 Å². The molecule has 98 valence electrons. The average Bonchev–Trinajstić information content (AvgIpc) is 3.11. The standard InChI is InChI=1S/C16H11NO3/c18-16(11-5-6-14-15(8-11)20-9-19-14)13-7-10-3-1-2-4-12(10)17-13/h1-8,17H,9H2. The van der Waals surface area contributed by atoms with Gasteiger partial charge in [-0.2, -0.15) is 0 Å². The van der Waals surface area contributed by atoms with Gasteiger partial charge in [-0.05, 0) is 30.3 Å². The van der Waals surface area contributed by atoms with Crippen molar-refractivity contribution in [2.45, 2.75) is 0 Å². The summed E-state index contributed by atoms with van der Waals surface area (Å²) in [6.07, 6.45) is 0. The van der Waals surface area contributed by atoms with Crippen molar-refractivity contribution in [2.75, 3.05) is 6.79 Å². The molecule has 3 aromatic rings. The molecule has 4 nitrogen and oxygen atoms in total. The maximum absolute atomic E-state index is 12.5. The highest BCUT2D eigenvalue weighted by Gasteiger charge is 2.18. The lowest BCUT2D eigenvalue weighted by Gasteiger charge is -2.00. The quantitative estimate of drug-likeness (QED) is 0.724. The second kappa shape index (κ2) is 4.13.